The Hall–Kier alpha value is -2.79. The Morgan fingerprint density at radius 2 is 1.94 bits per heavy atom. The largest absolute Gasteiger partial charge is 0.468 e. The zero-order valence-electron chi connectivity index (χ0n) is 16.8. The monoisotopic (exact) mass is 453 g/mol. The van der Waals surface area contributed by atoms with Crippen LogP contribution in [0.3, 0.4) is 0 Å². The predicted molar refractivity (Wildman–Crippen MR) is 119 cm³/mol. The first kappa shape index (κ1) is 21.4. The number of nitrogens with zero attached hydrogens (tertiary/aromatic N) is 2. The average molecular weight is 454 g/mol. The van der Waals surface area contributed by atoms with E-state index in [1.54, 1.807) is 24.3 Å². The van der Waals surface area contributed by atoms with Crippen LogP contribution in [-0.4, -0.2) is 42.0 Å². The summed E-state index contributed by atoms with van der Waals surface area (Å²) in [4.78, 5) is 28.7. The molecule has 31 heavy (non-hydrogen) atoms. The summed E-state index contributed by atoms with van der Waals surface area (Å²) in [5.41, 5.74) is -1.27. The van der Waals surface area contributed by atoms with Crippen molar-refractivity contribution in [3.05, 3.63) is 70.7 Å². The molecule has 0 spiro atoms. The van der Waals surface area contributed by atoms with E-state index >= 15 is 0 Å². The normalized spacial score (nSPS) is 27.8. The van der Waals surface area contributed by atoms with Crippen LogP contribution in [0.4, 0.5) is 0 Å². The van der Waals surface area contributed by atoms with Crippen LogP contribution in [0.15, 0.2) is 54.6 Å². The minimum Gasteiger partial charge on any atom is -0.468 e. The standard InChI is InChI=1S/C23H20ClN3O3S/c1-30-21(29)23-14-27(11-15-5-3-2-4-6-15)13-22(12-25,20(31)26-19(23)28)18(23)16-7-9-17(24)10-8-16/h2-10,18H,11,13-14H2,1H3,(H,26,28,31)/t18-,22+,23+/m0/s1. The molecule has 1 amide bonds. The predicted octanol–water partition coefficient (Wildman–Crippen LogP) is 3.07. The molecule has 8 heteroatoms. The third-order valence-electron chi connectivity index (χ3n) is 6.17. The molecule has 0 unspecified atom stereocenters. The number of piperidine rings is 2. The summed E-state index contributed by atoms with van der Waals surface area (Å²) in [5, 5.41) is 13.6. The number of carbonyl (C=O) groups is 2. The van der Waals surface area contributed by atoms with E-state index in [0.717, 1.165) is 5.56 Å². The number of thiocarbonyl (C=S) groups is 1. The van der Waals surface area contributed by atoms with E-state index in [9.17, 15) is 14.9 Å². The highest BCUT2D eigenvalue weighted by atomic mass is 35.5. The highest BCUT2D eigenvalue weighted by Gasteiger charge is 2.69. The van der Waals surface area contributed by atoms with Crippen LogP contribution in [0, 0.1) is 22.2 Å². The number of hydrogen-bond acceptors (Lipinski definition) is 6. The van der Waals surface area contributed by atoms with Gasteiger partial charge < -0.3 is 10.1 Å². The highest BCUT2D eigenvalue weighted by molar-refractivity contribution is 7.80. The molecule has 1 N–H and O–H groups in total. The van der Waals surface area contributed by atoms with Gasteiger partial charge in [0.2, 0.25) is 5.91 Å². The maximum atomic E-state index is 13.4. The molecule has 2 aromatic carbocycles. The first-order valence-corrected chi connectivity index (χ1v) is 10.5. The van der Waals surface area contributed by atoms with Gasteiger partial charge in [0.1, 0.15) is 10.4 Å². The van der Waals surface area contributed by atoms with Gasteiger partial charge in [-0.3, -0.25) is 14.5 Å². The zero-order chi connectivity index (χ0) is 22.2. The van der Waals surface area contributed by atoms with Crippen LogP contribution in [-0.2, 0) is 20.9 Å². The molecular formula is C23H20ClN3O3S. The lowest BCUT2D eigenvalue weighted by molar-refractivity contribution is -0.169. The molecule has 6 nitrogen and oxygen atoms in total. The van der Waals surface area contributed by atoms with Crippen molar-refractivity contribution in [2.24, 2.45) is 10.8 Å². The first-order valence-electron chi connectivity index (χ1n) is 9.74. The Labute approximate surface area is 190 Å². The molecule has 0 saturated carbocycles. The molecule has 3 atom stereocenters. The van der Waals surface area contributed by atoms with Crippen LogP contribution >= 0.6 is 23.8 Å². The van der Waals surface area contributed by atoms with Gasteiger partial charge >= 0.3 is 5.97 Å². The summed E-state index contributed by atoms with van der Waals surface area (Å²) in [6.45, 7) is 0.829. The number of halogens is 1. The van der Waals surface area contributed by atoms with Crippen molar-refractivity contribution in [2.75, 3.05) is 20.2 Å². The molecule has 4 rings (SSSR count). The number of likely N-dealkylation sites (tertiary alicyclic amines) is 1. The summed E-state index contributed by atoms with van der Waals surface area (Å²) in [7, 11) is 1.25. The third-order valence-corrected chi connectivity index (χ3v) is 6.89. The second kappa shape index (κ2) is 8.04. The van der Waals surface area contributed by atoms with E-state index in [-0.39, 0.29) is 18.1 Å². The van der Waals surface area contributed by atoms with Gasteiger partial charge in [0.25, 0.3) is 0 Å². The van der Waals surface area contributed by atoms with Gasteiger partial charge in [-0.25, -0.2) is 0 Å². The van der Waals surface area contributed by atoms with E-state index in [2.05, 4.69) is 11.4 Å². The number of rotatable bonds is 4. The van der Waals surface area contributed by atoms with E-state index in [1.807, 2.05) is 35.2 Å². The Bertz CT molecular complexity index is 1090. The summed E-state index contributed by atoms with van der Waals surface area (Å²) < 4.78 is 5.13. The fraction of sp³-hybridized carbons (Fsp3) is 0.304. The van der Waals surface area contributed by atoms with Crippen molar-refractivity contribution in [1.29, 1.82) is 5.26 Å². The lowest BCUT2D eigenvalue weighted by Crippen LogP contribution is -2.73. The molecule has 0 aromatic heterocycles. The van der Waals surface area contributed by atoms with Gasteiger partial charge in [-0.15, -0.1) is 0 Å². The van der Waals surface area contributed by atoms with E-state index < -0.39 is 28.6 Å². The fourth-order valence-electron chi connectivity index (χ4n) is 4.88. The maximum Gasteiger partial charge on any atom is 0.323 e. The summed E-state index contributed by atoms with van der Waals surface area (Å²) in [6.07, 6.45) is 0. The second-order valence-electron chi connectivity index (χ2n) is 7.94. The maximum absolute atomic E-state index is 13.4. The quantitative estimate of drug-likeness (QED) is 0.435. The molecule has 0 radical (unpaired) electrons. The Kier molecular flexibility index (Phi) is 5.56. The average Bonchev–Trinajstić information content (AvgIpc) is 2.78. The van der Waals surface area contributed by atoms with Crippen molar-refractivity contribution in [1.82, 2.24) is 10.2 Å². The molecular weight excluding hydrogens is 434 g/mol. The van der Waals surface area contributed by atoms with Gasteiger partial charge in [-0.1, -0.05) is 66.3 Å². The molecule has 2 aliphatic heterocycles. The van der Waals surface area contributed by atoms with Crippen molar-refractivity contribution >= 4 is 40.7 Å². The zero-order valence-corrected chi connectivity index (χ0v) is 18.4. The number of amides is 1. The van der Waals surface area contributed by atoms with E-state index in [1.165, 1.54) is 7.11 Å². The number of nitriles is 1. The summed E-state index contributed by atoms with van der Waals surface area (Å²) in [6, 6.07) is 18.9. The molecule has 2 heterocycles. The highest BCUT2D eigenvalue weighted by Crippen LogP contribution is 2.56. The molecule has 2 saturated heterocycles. The lowest BCUT2D eigenvalue weighted by Gasteiger charge is -2.56. The van der Waals surface area contributed by atoms with Gasteiger partial charge in [0, 0.05) is 30.6 Å². The Morgan fingerprint density at radius 1 is 1.26 bits per heavy atom. The molecule has 2 aromatic rings. The Morgan fingerprint density at radius 3 is 2.55 bits per heavy atom. The van der Waals surface area contributed by atoms with Gasteiger partial charge in [0.05, 0.1) is 13.2 Å². The second-order valence-corrected chi connectivity index (χ2v) is 8.79. The first-order chi connectivity index (χ1) is 14.9. The van der Waals surface area contributed by atoms with Crippen LogP contribution in [0.5, 0.6) is 0 Å². The number of ether oxygens (including phenoxy) is 1. The number of esters is 1. The number of fused-ring (bicyclic) bond motifs is 2. The molecule has 2 aliphatic rings. The SMILES string of the molecule is COC(=O)[C@@]12CN(Cc3ccccc3)C[C@@](C#N)(C(=S)NC1=O)[C@@H]2c1ccc(Cl)cc1. The van der Waals surface area contributed by atoms with E-state index in [0.29, 0.717) is 17.1 Å². The fourth-order valence-corrected chi connectivity index (χ4v) is 5.33. The molecule has 0 aliphatic carbocycles. The number of carbonyl (C=O) groups excluding carboxylic acids is 2. The third kappa shape index (κ3) is 3.32. The van der Waals surface area contributed by atoms with Gasteiger partial charge in [-0.05, 0) is 23.3 Å². The van der Waals surface area contributed by atoms with Crippen LogP contribution < -0.4 is 5.32 Å². The van der Waals surface area contributed by atoms with Crippen LogP contribution in [0.2, 0.25) is 5.02 Å². The number of methoxy groups -OCH3 is 1. The van der Waals surface area contributed by atoms with Crippen LogP contribution in [0.25, 0.3) is 0 Å². The van der Waals surface area contributed by atoms with Crippen molar-refractivity contribution in [3.63, 3.8) is 0 Å². The molecule has 2 bridgehead atoms. The number of nitrogens with one attached hydrogen (secondary N) is 1. The summed E-state index contributed by atoms with van der Waals surface area (Å²) in [5.74, 6) is -2.04. The molecule has 158 valence electrons. The minimum atomic E-state index is -1.63. The topological polar surface area (TPSA) is 82.4 Å². The Balaban J connectivity index is 1.90. The lowest BCUT2D eigenvalue weighted by atomic mass is 9.54. The van der Waals surface area contributed by atoms with Gasteiger partial charge in [-0.2, -0.15) is 5.26 Å². The van der Waals surface area contributed by atoms with Gasteiger partial charge in [0.15, 0.2) is 5.41 Å². The minimum absolute atomic E-state index is 0.0970. The van der Waals surface area contributed by atoms with Crippen molar-refractivity contribution in [3.8, 4) is 6.07 Å². The summed E-state index contributed by atoms with van der Waals surface area (Å²) >= 11 is 11.6. The number of hydrogen-bond donors (Lipinski definition) is 1. The van der Waals surface area contributed by atoms with Crippen molar-refractivity contribution < 1.29 is 14.3 Å². The molecule has 2 fully saturated rings. The van der Waals surface area contributed by atoms with Crippen molar-refractivity contribution in [2.45, 2.75) is 12.5 Å². The number of benzene rings is 2. The van der Waals surface area contributed by atoms with Crippen LogP contribution in [0.1, 0.15) is 17.0 Å². The smallest absolute Gasteiger partial charge is 0.323 e. The van der Waals surface area contributed by atoms with E-state index in [4.69, 9.17) is 28.6 Å².